The van der Waals surface area contributed by atoms with Gasteiger partial charge in [0.25, 0.3) is 0 Å². The number of ether oxygens (including phenoxy) is 2. The molecule has 0 aliphatic heterocycles. The van der Waals surface area contributed by atoms with Crippen LogP contribution in [0.5, 0.6) is 0 Å². The highest BCUT2D eigenvalue weighted by Crippen LogP contribution is 2.09. The van der Waals surface area contributed by atoms with Crippen molar-refractivity contribution in [3.05, 3.63) is 24.3 Å². The Balaban J connectivity index is 3.50. The minimum Gasteiger partial charge on any atom is -0.463 e. The number of allylic oxidation sites excluding steroid dienone is 1. The van der Waals surface area contributed by atoms with Gasteiger partial charge in [0.15, 0.2) is 0 Å². The number of unbranched alkanes of at least 4 members (excludes halogenated alkanes) is 8. The number of esters is 2. The Hall–Kier alpha value is -1.58. The maximum atomic E-state index is 11.5. The fourth-order valence-corrected chi connectivity index (χ4v) is 2.76. The molecule has 28 heavy (non-hydrogen) atoms. The molecule has 162 valence electrons. The van der Waals surface area contributed by atoms with Gasteiger partial charge in [0.05, 0.1) is 13.2 Å². The fourth-order valence-electron chi connectivity index (χ4n) is 2.76. The van der Waals surface area contributed by atoms with Gasteiger partial charge in [-0.3, -0.25) is 0 Å². The van der Waals surface area contributed by atoms with E-state index in [0.29, 0.717) is 25.6 Å². The monoisotopic (exact) mass is 394 g/mol. The average Bonchev–Trinajstić information content (AvgIpc) is 2.67. The van der Waals surface area contributed by atoms with E-state index in [1.54, 1.807) is 0 Å². The van der Waals surface area contributed by atoms with Crippen LogP contribution >= 0.6 is 0 Å². The number of hydrogen-bond acceptors (Lipinski definition) is 4. The zero-order valence-corrected chi connectivity index (χ0v) is 18.4. The highest BCUT2D eigenvalue weighted by atomic mass is 16.5. The van der Waals surface area contributed by atoms with Crippen molar-refractivity contribution >= 4 is 11.9 Å². The van der Waals surface area contributed by atoms with Crippen LogP contribution in [-0.2, 0) is 19.1 Å². The molecule has 0 aromatic rings. The van der Waals surface area contributed by atoms with Crippen LogP contribution in [0.3, 0.4) is 0 Å². The van der Waals surface area contributed by atoms with E-state index in [-0.39, 0.29) is 0 Å². The van der Waals surface area contributed by atoms with Crippen LogP contribution < -0.4 is 0 Å². The van der Waals surface area contributed by atoms with E-state index < -0.39 is 11.9 Å². The first-order chi connectivity index (χ1) is 13.6. The maximum absolute atomic E-state index is 11.5. The third kappa shape index (κ3) is 20.7. The van der Waals surface area contributed by atoms with Crippen LogP contribution in [0, 0.1) is 5.92 Å². The van der Waals surface area contributed by atoms with Gasteiger partial charge in [0.1, 0.15) is 0 Å². The van der Waals surface area contributed by atoms with Crippen molar-refractivity contribution in [1.29, 1.82) is 0 Å². The van der Waals surface area contributed by atoms with Crippen LogP contribution in [0.4, 0.5) is 0 Å². The second-order valence-electron chi connectivity index (χ2n) is 7.73. The molecule has 0 saturated heterocycles. The largest absolute Gasteiger partial charge is 0.463 e. The lowest BCUT2D eigenvalue weighted by atomic mass is 10.1. The summed E-state index contributed by atoms with van der Waals surface area (Å²) in [6.07, 6.45) is 20.8. The molecule has 0 aliphatic carbocycles. The molecule has 4 nitrogen and oxygen atoms in total. The molecule has 0 fully saturated rings. The van der Waals surface area contributed by atoms with E-state index in [0.717, 1.165) is 31.4 Å². The number of rotatable bonds is 18. The van der Waals surface area contributed by atoms with Crippen molar-refractivity contribution in [2.75, 3.05) is 13.2 Å². The van der Waals surface area contributed by atoms with Crippen LogP contribution in [0.25, 0.3) is 0 Å². The summed E-state index contributed by atoms with van der Waals surface area (Å²) in [6, 6.07) is 0. The average molecular weight is 395 g/mol. The first-order valence-corrected chi connectivity index (χ1v) is 11.2. The van der Waals surface area contributed by atoms with Crippen LogP contribution in [0.1, 0.15) is 97.8 Å². The molecule has 0 N–H and O–H groups in total. The molecular weight excluding hydrogens is 352 g/mol. The second-order valence-corrected chi connectivity index (χ2v) is 7.73. The van der Waals surface area contributed by atoms with Crippen molar-refractivity contribution < 1.29 is 19.1 Å². The zero-order valence-electron chi connectivity index (χ0n) is 18.4. The lowest BCUT2D eigenvalue weighted by Gasteiger charge is -2.04. The van der Waals surface area contributed by atoms with E-state index in [1.165, 1.54) is 51.4 Å². The molecule has 0 rings (SSSR count). The van der Waals surface area contributed by atoms with Gasteiger partial charge in [-0.2, -0.15) is 0 Å². The summed E-state index contributed by atoms with van der Waals surface area (Å²) < 4.78 is 10.1. The first-order valence-electron chi connectivity index (χ1n) is 11.2. The minimum absolute atomic E-state index is 0.334. The molecule has 0 atom stereocenters. The molecule has 0 aromatic carbocycles. The summed E-state index contributed by atoms with van der Waals surface area (Å²) in [5.74, 6) is -0.403. The standard InChI is InChI=1S/C24H42O4/c1-4-5-6-7-8-9-10-11-12-13-14-15-20-27-23(25)18-19-24(26)28-21-16-17-22(2)3/h13-14,18-19,22H,4-12,15-17,20-21H2,1-3H3/b14-13+,19-18+. The molecule has 0 unspecified atom stereocenters. The smallest absolute Gasteiger partial charge is 0.331 e. The zero-order chi connectivity index (χ0) is 20.9. The molecule has 4 heteroatoms. The van der Waals surface area contributed by atoms with Gasteiger partial charge in [0, 0.05) is 12.2 Å². The summed E-state index contributed by atoms with van der Waals surface area (Å²) in [4.78, 5) is 23.0. The maximum Gasteiger partial charge on any atom is 0.331 e. The van der Waals surface area contributed by atoms with E-state index in [2.05, 4.69) is 32.9 Å². The lowest BCUT2D eigenvalue weighted by molar-refractivity contribution is -0.140. The molecule has 0 amide bonds. The number of carbonyl (C=O) groups excluding carboxylic acids is 2. The minimum atomic E-state index is -0.504. The predicted molar refractivity (Wildman–Crippen MR) is 116 cm³/mol. The van der Waals surface area contributed by atoms with Crippen molar-refractivity contribution in [1.82, 2.24) is 0 Å². The molecule has 0 aromatic heterocycles. The van der Waals surface area contributed by atoms with Gasteiger partial charge < -0.3 is 9.47 Å². The first kappa shape index (κ1) is 26.4. The molecule has 0 radical (unpaired) electrons. The van der Waals surface area contributed by atoms with Gasteiger partial charge in [-0.15, -0.1) is 0 Å². The van der Waals surface area contributed by atoms with Crippen molar-refractivity contribution in [3.8, 4) is 0 Å². The topological polar surface area (TPSA) is 52.6 Å². The summed E-state index contributed by atoms with van der Waals surface area (Å²) in [5.41, 5.74) is 0. The van der Waals surface area contributed by atoms with E-state index in [9.17, 15) is 9.59 Å². The summed E-state index contributed by atoms with van der Waals surface area (Å²) >= 11 is 0. The molecule has 0 saturated carbocycles. The second kappa shape index (κ2) is 20.2. The van der Waals surface area contributed by atoms with Crippen LogP contribution in [0.2, 0.25) is 0 Å². The highest BCUT2D eigenvalue weighted by Gasteiger charge is 2.01. The van der Waals surface area contributed by atoms with Gasteiger partial charge in [-0.05, 0) is 38.0 Å². The quantitative estimate of drug-likeness (QED) is 0.115. The Labute approximate surface area is 172 Å². The Morgan fingerprint density at radius 3 is 1.86 bits per heavy atom. The summed E-state index contributed by atoms with van der Waals surface area (Å²) in [7, 11) is 0. The third-order valence-electron chi connectivity index (χ3n) is 4.45. The Morgan fingerprint density at radius 2 is 1.25 bits per heavy atom. The van der Waals surface area contributed by atoms with E-state index in [4.69, 9.17) is 9.47 Å². The normalized spacial score (nSPS) is 11.6. The number of hydrogen-bond donors (Lipinski definition) is 0. The molecule has 0 spiro atoms. The number of carbonyl (C=O) groups is 2. The Morgan fingerprint density at radius 1 is 0.714 bits per heavy atom. The van der Waals surface area contributed by atoms with Gasteiger partial charge in [0.2, 0.25) is 0 Å². The Kier molecular flexibility index (Phi) is 19.0. The van der Waals surface area contributed by atoms with Crippen LogP contribution in [0.15, 0.2) is 24.3 Å². The SMILES string of the molecule is CCCCCCCCCC/C=C/CCOC(=O)/C=C/C(=O)OCCCC(C)C. The van der Waals surface area contributed by atoms with Crippen molar-refractivity contribution in [2.24, 2.45) is 5.92 Å². The molecule has 0 heterocycles. The van der Waals surface area contributed by atoms with E-state index in [1.807, 2.05) is 0 Å². The predicted octanol–water partition coefficient (Wildman–Crippen LogP) is 6.54. The van der Waals surface area contributed by atoms with Gasteiger partial charge >= 0.3 is 11.9 Å². The lowest BCUT2D eigenvalue weighted by Crippen LogP contribution is -2.06. The Bertz CT molecular complexity index is 438. The summed E-state index contributed by atoms with van der Waals surface area (Å²) in [5, 5.41) is 0. The summed E-state index contributed by atoms with van der Waals surface area (Å²) in [6.45, 7) is 7.23. The van der Waals surface area contributed by atoms with Crippen LogP contribution in [-0.4, -0.2) is 25.2 Å². The van der Waals surface area contributed by atoms with E-state index >= 15 is 0 Å². The highest BCUT2D eigenvalue weighted by molar-refractivity contribution is 5.91. The third-order valence-corrected chi connectivity index (χ3v) is 4.45. The van der Waals surface area contributed by atoms with Crippen molar-refractivity contribution in [3.63, 3.8) is 0 Å². The van der Waals surface area contributed by atoms with Gasteiger partial charge in [-0.25, -0.2) is 9.59 Å². The molecule has 0 aliphatic rings. The van der Waals surface area contributed by atoms with Gasteiger partial charge in [-0.1, -0.05) is 77.9 Å². The fraction of sp³-hybridized carbons (Fsp3) is 0.750. The van der Waals surface area contributed by atoms with Crippen molar-refractivity contribution in [2.45, 2.75) is 97.8 Å². The molecular formula is C24H42O4. The molecule has 0 bridgehead atoms.